The second-order valence-electron chi connectivity index (χ2n) is 6.15. The third-order valence-electron chi connectivity index (χ3n) is 4.61. The van der Waals surface area contributed by atoms with Gasteiger partial charge in [-0.1, -0.05) is 17.3 Å². The van der Waals surface area contributed by atoms with E-state index in [1.54, 1.807) is 19.2 Å². The van der Waals surface area contributed by atoms with Crippen LogP contribution >= 0.6 is 0 Å². The average Bonchev–Trinajstić information content (AvgIpc) is 3.27. The van der Waals surface area contributed by atoms with Crippen LogP contribution in [0, 0.1) is 0 Å². The van der Waals surface area contributed by atoms with Gasteiger partial charge in [-0.3, -0.25) is 0 Å². The molecule has 7 nitrogen and oxygen atoms in total. The molecule has 0 bridgehead atoms. The number of rotatable bonds is 4. The number of methoxy groups -OCH3 is 1. The van der Waals surface area contributed by atoms with Crippen LogP contribution in [0.5, 0.6) is 5.75 Å². The Morgan fingerprint density at radius 1 is 1.19 bits per heavy atom. The zero-order valence-corrected chi connectivity index (χ0v) is 14.9. The van der Waals surface area contributed by atoms with E-state index in [-0.39, 0.29) is 10.8 Å². The van der Waals surface area contributed by atoms with Crippen molar-refractivity contribution in [3.05, 3.63) is 59.5 Å². The molecule has 26 heavy (non-hydrogen) atoms. The highest BCUT2D eigenvalue weighted by Crippen LogP contribution is 2.42. The summed E-state index contributed by atoms with van der Waals surface area (Å²) in [6, 6.07) is 12.1. The summed E-state index contributed by atoms with van der Waals surface area (Å²) in [7, 11) is -2.08. The van der Waals surface area contributed by atoms with Crippen molar-refractivity contribution in [1.82, 2.24) is 10.1 Å². The monoisotopic (exact) mass is 371 g/mol. The van der Waals surface area contributed by atoms with Gasteiger partial charge in [0.25, 0.3) is 0 Å². The number of aromatic nitrogens is 2. The largest absolute Gasteiger partial charge is 0.496 e. The fourth-order valence-electron chi connectivity index (χ4n) is 3.36. The van der Waals surface area contributed by atoms with E-state index < -0.39 is 10.0 Å². The Morgan fingerprint density at radius 2 is 1.96 bits per heavy atom. The standard InChI is InChI=1S/C18H17N3O4S/c1-24-15-4-2-3-11-7-10-14(16(11)15)18-20-17(21-25-18)12-5-8-13(9-6-12)26(19,22)23/h2-6,8-9,14H,7,10H2,1H3,(H2,19,22,23). The first-order chi connectivity index (χ1) is 12.5. The van der Waals surface area contributed by atoms with E-state index in [4.69, 9.17) is 14.4 Å². The number of hydrogen-bond acceptors (Lipinski definition) is 6. The first kappa shape index (κ1) is 16.7. The van der Waals surface area contributed by atoms with Crippen molar-refractivity contribution in [2.24, 2.45) is 5.14 Å². The number of primary sulfonamides is 1. The maximum absolute atomic E-state index is 11.4. The molecule has 2 aromatic carbocycles. The molecule has 1 aliphatic rings. The quantitative estimate of drug-likeness (QED) is 0.755. The molecule has 0 saturated heterocycles. The molecule has 1 aliphatic carbocycles. The van der Waals surface area contributed by atoms with Crippen LogP contribution in [0.4, 0.5) is 0 Å². The maximum Gasteiger partial charge on any atom is 0.238 e. The third kappa shape index (κ3) is 2.87. The van der Waals surface area contributed by atoms with Gasteiger partial charge in [0.2, 0.25) is 21.7 Å². The molecular formula is C18H17N3O4S. The normalized spacial score (nSPS) is 16.5. The fraction of sp³-hybridized carbons (Fsp3) is 0.222. The van der Waals surface area contributed by atoms with Crippen LogP contribution < -0.4 is 9.88 Å². The molecule has 3 aromatic rings. The lowest BCUT2D eigenvalue weighted by molar-refractivity contribution is 0.359. The number of fused-ring (bicyclic) bond motifs is 1. The van der Waals surface area contributed by atoms with Crippen LogP contribution in [0.1, 0.15) is 29.4 Å². The van der Waals surface area contributed by atoms with Crippen molar-refractivity contribution in [2.45, 2.75) is 23.7 Å². The van der Waals surface area contributed by atoms with E-state index in [0.717, 1.165) is 24.2 Å². The van der Waals surface area contributed by atoms with Crippen LogP contribution in [0.15, 0.2) is 51.9 Å². The number of ether oxygens (including phenoxy) is 1. The highest BCUT2D eigenvalue weighted by molar-refractivity contribution is 7.89. The summed E-state index contributed by atoms with van der Waals surface area (Å²) in [5, 5.41) is 9.16. The summed E-state index contributed by atoms with van der Waals surface area (Å²) in [5.41, 5.74) is 2.98. The topological polar surface area (TPSA) is 108 Å². The van der Waals surface area contributed by atoms with Crippen LogP contribution in [-0.4, -0.2) is 25.7 Å². The minimum atomic E-state index is -3.73. The average molecular weight is 371 g/mol. The molecular weight excluding hydrogens is 354 g/mol. The van der Waals surface area contributed by atoms with E-state index in [0.29, 0.717) is 17.3 Å². The van der Waals surface area contributed by atoms with Crippen molar-refractivity contribution in [3.8, 4) is 17.1 Å². The van der Waals surface area contributed by atoms with Crippen molar-refractivity contribution in [2.75, 3.05) is 7.11 Å². The number of aryl methyl sites for hydroxylation is 1. The fourth-order valence-corrected chi connectivity index (χ4v) is 3.88. The number of sulfonamides is 1. The Labute approximate surface area is 150 Å². The lowest BCUT2D eigenvalue weighted by Gasteiger charge is -2.11. The Hall–Kier alpha value is -2.71. The molecule has 1 atom stereocenters. The molecule has 4 rings (SSSR count). The van der Waals surface area contributed by atoms with Crippen molar-refractivity contribution < 1.29 is 17.7 Å². The summed E-state index contributed by atoms with van der Waals surface area (Å²) >= 11 is 0. The van der Waals surface area contributed by atoms with Crippen molar-refractivity contribution >= 4 is 10.0 Å². The minimum absolute atomic E-state index is 0.00825. The molecule has 134 valence electrons. The Kier molecular flexibility index (Phi) is 4.01. The first-order valence-corrected chi connectivity index (χ1v) is 9.64. The Bertz CT molecular complexity index is 1060. The lowest BCUT2D eigenvalue weighted by Crippen LogP contribution is -2.11. The second kappa shape index (κ2) is 6.22. The van der Waals surface area contributed by atoms with Crippen molar-refractivity contribution in [1.29, 1.82) is 0 Å². The summed E-state index contributed by atoms with van der Waals surface area (Å²) in [5.74, 6) is 1.75. The third-order valence-corrected chi connectivity index (χ3v) is 5.54. The van der Waals surface area contributed by atoms with Gasteiger partial charge in [0.05, 0.1) is 17.9 Å². The van der Waals surface area contributed by atoms with Crippen LogP contribution in [0.2, 0.25) is 0 Å². The van der Waals surface area contributed by atoms with Gasteiger partial charge in [0.1, 0.15) is 5.75 Å². The van der Waals surface area contributed by atoms with Gasteiger partial charge in [-0.25, -0.2) is 13.6 Å². The molecule has 0 saturated carbocycles. The van der Waals surface area contributed by atoms with Crippen molar-refractivity contribution in [3.63, 3.8) is 0 Å². The van der Waals surface area contributed by atoms with Gasteiger partial charge in [-0.15, -0.1) is 0 Å². The minimum Gasteiger partial charge on any atom is -0.496 e. The summed E-state index contributed by atoms with van der Waals surface area (Å²) < 4.78 is 33.7. The number of hydrogen-bond donors (Lipinski definition) is 1. The molecule has 1 aromatic heterocycles. The van der Waals surface area contributed by atoms with E-state index in [1.807, 2.05) is 12.1 Å². The predicted molar refractivity (Wildman–Crippen MR) is 94.3 cm³/mol. The van der Waals surface area contributed by atoms with Crippen LogP contribution in [0.3, 0.4) is 0 Å². The molecule has 0 aliphatic heterocycles. The lowest BCUT2D eigenvalue weighted by atomic mass is 10.00. The van der Waals surface area contributed by atoms with Gasteiger partial charge in [0, 0.05) is 11.1 Å². The molecule has 8 heteroatoms. The van der Waals surface area contributed by atoms with Gasteiger partial charge < -0.3 is 9.26 Å². The highest BCUT2D eigenvalue weighted by Gasteiger charge is 2.31. The summed E-state index contributed by atoms with van der Waals surface area (Å²) in [6.07, 6.45) is 1.81. The number of benzene rings is 2. The smallest absolute Gasteiger partial charge is 0.238 e. The summed E-state index contributed by atoms with van der Waals surface area (Å²) in [6.45, 7) is 0. The highest BCUT2D eigenvalue weighted by atomic mass is 32.2. The van der Waals surface area contributed by atoms with E-state index >= 15 is 0 Å². The van der Waals surface area contributed by atoms with Gasteiger partial charge in [-0.2, -0.15) is 4.98 Å². The Balaban J connectivity index is 1.67. The van der Waals surface area contributed by atoms with Gasteiger partial charge in [-0.05, 0) is 48.7 Å². The molecule has 1 unspecified atom stereocenters. The van der Waals surface area contributed by atoms with E-state index in [1.165, 1.54) is 17.7 Å². The van der Waals surface area contributed by atoms with Gasteiger partial charge in [0.15, 0.2) is 0 Å². The number of nitrogens with two attached hydrogens (primary N) is 1. The van der Waals surface area contributed by atoms with E-state index in [9.17, 15) is 8.42 Å². The summed E-state index contributed by atoms with van der Waals surface area (Å²) in [4.78, 5) is 4.56. The molecule has 0 fully saturated rings. The Morgan fingerprint density at radius 3 is 2.65 bits per heavy atom. The number of nitrogens with zero attached hydrogens (tertiary/aromatic N) is 2. The SMILES string of the molecule is COc1cccc2c1C(c1nc(-c3ccc(S(N)(=O)=O)cc3)no1)CC2. The first-order valence-electron chi connectivity index (χ1n) is 8.10. The molecule has 0 amide bonds. The van der Waals surface area contributed by atoms with Crippen LogP contribution in [-0.2, 0) is 16.4 Å². The molecule has 1 heterocycles. The molecule has 2 N–H and O–H groups in total. The van der Waals surface area contributed by atoms with E-state index in [2.05, 4.69) is 16.2 Å². The zero-order valence-electron chi connectivity index (χ0n) is 14.0. The molecule has 0 radical (unpaired) electrons. The maximum atomic E-state index is 11.4. The predicted octanol–water partition coefficient (Wildman–Crippen LogP) is 2.47. The molecule has 0 spiro atoms. The van der Waals surface area contributed by atoms with Crippen LogP contribution in [0.25, 0.3) is 11.4 Å². The second-order valence-corrected chi connectivity index (χ2v) is 7.71. The van der Waals surface area contributed by atoms with Gasteiger partial charge >= 0.3 is 0 Å². The zero-order chi connectivity index (χ0) is 18.3.